The summed E-state index contributed by atoms with van der Waals surface area (Å²) in [5.41, 5.74) is -0.0126. The van der Waals surface area contributed by atoms with E-state index in [0.29, 0.717) is 6.61 Å². The Morgan fingerprint density at radius 3 is 2.47 bits per heavy atom. The first-order valence-electron chi connectivity index (χ1n) is 6.40. The Balaban J connectivity index is 1.91. The van der Waals surface area contributed by atoms with Gasteiger partial charge in [0.2, 0.25) is 0 Å². The lowest BCUT2D eigenvalue weighted by atomic mass is 9.60. The van der Waals surface area contributed by atoms with E-state index < -0.39 is 12.7 Å². The maximum absolute atomic E-state index is 12.2. The number of rotatable bonds is 4. The summed E-state index contributed by atoms with van der Waals surface area (Å²) in [6.45, 7) is 1.72. The monoisotopic (exact) mass is 251 g/mol. The molecule has 2 rings (SSSR count). The van der Waals surface area contributed by atoms with Gasteiger partial charge in [-0.25, -0.2) is 0 Å². The van der Waals surface area contributed by atoms with Gasteiger partial charge in [0.25, 0.3) is 0 Å². The fourth-order valence-electron chi connectivity index (χ4n) is 3.41. The van der Waals surface area contributed by atoms with E-state index in [2.05, 4.69) is 5.32 Å². The summed E-state index contributed by atoms with van der Waals surface area (Å²) < 4.78 is 42.3. The van der Waals surface area contributed by atoms with E-state index in [9.17, 15) is 13.2 Å². The molecular weight excluding hydrogens is 231 g/mol. The minimum atomic E-state index is -4.11. The van der Waals surface area contributed by atoms with Gasteiger partial charge >= 0.3 is 6.18 Å². The molecule has 2 fully saturated rings. The molecular formula is C12H20F3NO. The third-order valence-electron chi connectivity index (χ3n) is 4.24. The van der Waals surface area contributed by atoms with Crippen molar-refractivity contribution in [2.24, 2.45) is 5.41 Å². The largest absolute Gasteiger partial charge is 0.401 e. The maximum Gasteiger partial charge on any atom is 0.401 e. The van der Waals surface area contributed by atoms with Crippen LogP contribution in [0, 0.1) is 5.41 Å². The van der Waals surface area contributed by atoms with E-state index >= 15 is 0 Å². The summed E-state index contributed by atoms with van der Waals surface area (Å²) in [4.78, 5) is 0. The number of hydrogen-bond acceptors (Lipinski definition) is 2. The predicted molar refractivity (Wildman–Crippen MR) is 58.8 cm³/mol. The van der Waals surface area contributed by atoms with Gasteiger partial charge in [-0.3, -0.25) is 0 Å². The second-order valence-electron chi connectivity index (χ2n) is 5.17. The molecule has 2 saturated carbocycles. The van der Waals surface area contributed by atoms with Gasteiger partial charge in [0, 0.05) is 18.1 Å². The molecule has 2 aliphatic carbocycles. The van der Waals surface area contributed by atoms with Crippen molar-refractivity contribution in [2.45, 2.75) is 57.3 Å². The van der Waals surface area contributed by atoms with Crippen LogP contribution < -0.4 is 5.32 Å². The quantitative estimate of drug-likeness (QED) is 0.829. The molecule has 0 amide bonds. The molecule has 0 heterocycles. The van der Waals surface area contributed by atoms with Crippen LogP contribution in [0.2, 0.25) is 0 Å². The number of ether oxygens (including phenoxy) is 1. The fraction of sp³-hybridized carbons (Fsp3) is 1.00. The molecule has 2 atom stereocenters. The molecule has 1 N–H and O–H groups in total. The third-order valence-corrected chi connectivity index (χ3v) is 4.24. The van der Waals surface area contributed by atoms with Gasteiger partial charge in [-0.05, 0) is 26.2 Å². The first-order chi connectivity index (χ1) is 7.98. The van der Waals surface area contributed by atoms with Gasteiger partial charge < -0.3 is 10.1 Å². The molecule has 0 saturated heterocycles. The van der Waals surface area contributed by atoms with Crippen molar-refractivity contribution < 1.29 is 17.9 Å². The first kappa shape index (κ1) is 13.1. The normalized spacial score (nSPS) is 31.8. The van der Waals surface area contributed by atoms with Gasteiger partial charge in [0.15, 0.2) is 0 Å². The second-order valence-corrected chi connectivity index (χ2v) is 5.17. The molecule has 0 aliphatic heterocycles. The van der Waals surface area contributed by atoms with Crippen LogP contribution in [-0.4, -0.2) is 31.5 Å². The van der Waals surface area contributed by atoms with Crippen molar-refractivity contribution in [3.05, 3.63) is 0 Å². The minimum absolute atomic E-state index is 0.0109. The molecule has 0 aromatic rings. The highest BCUT2D eigenvalue weighted by Crippen LogP contribution is 2.54. The molecule has 100 valence electrons. The van der Waals surface area contributed by atoms with Gasteiger partial charge in [-0.2, -0.15) is 13.2 Å². The number of halogens is 3. The zero-order valence-corrected chi connectivity index (χ0v) is 10.1. The van der Waals surface area contributed by atoms with Gasteiger partial charge in [0.05, 0.1) is 12.6 Å². The van der Waals surface area contributed by atoms with Crippen molar-refractivity contribution in [2.75, 3.05) is 13.2 Å². The molecule has 17 heavy (non-hydrogen) atoms. The lowest BCUT2D eigenvalue weighted by molar-refractivity contribution is -0.156. The maximum atomic E-state index is 12.2. The summed E-state index contributed by atoms with van der Waals surface area (Å²) in [5, 5.41) is 2.68. The Labute approximate surface area is 99.9 Å². The van der Waals surface area contributed by atoms with Crippen molar-refractivity contribution in [1.29, 1.82) is 0 Å². The average Bonchev–Trinajstić information content (AvgIpc) is 2.72. The van der Waals surface area contributed by atoms with Crippen LogP contribution >= 0.6 is 0 Å². The summed E-state index contributed by atoms with van der Waals surface area (Å²) in [6, 6.07) is -0.0109. The van der Waals surface area contributed by atoms with Crippen LogP contribution in [0.4, 0.5) is 13.2 Å². The van der Waals surface area contributed by atoms with Crippen LogP contribution in [0.1, 0.15) is 39.0 Å². The highest BCUT2D eigenvalue weighted by atomic mass is 19.4. The molecule has 2 unspecified atom stereocenters. The van der Waals surface area contributed by atoms with Crippen molar-refractivity contribution in [1.82, 2.24) is 5.32 Å². The topological polar surface area (TPSA) is 21.3 Å². The number of alkyl halides is 3. The Bertz CT molecular complexity index is 261. The van der Waals surface area contributed by atoms with Crippen molar-refractivity contribution in [3.63, 3.8) is 0 Å². The van der Waals surface area contributed by atoms with Gasteiger partial charge in [-0.15, -0.1) is 0 Å². The van der Waals surface area contributed by atoms with E-state index in [4.69, 9.17) is 4.74 Å². The Kier molecular flexibility index (Phi) is 3.69. The lowest BCUT2D eigenvalue weighted by Crippen LogP contribution is -2.63. The molecule has 0 bridgehead atoms. The average molecular weight is 251 g/mol. The van der Waals surface area contributed by atoms with Crippen LogP contribution in [-0.2, 0) is 4.74 Å². The first-order valence-corrected chi connectivity index (χ1v) is 6.40. The fourth-order valence-corrected chi connectivity index (χ4v) is 3.41. The van der Waals surface area contributed by atoms with Crippen molar-refractivity contribution in [3.8, 4) is 0 Å². The highest BCUT2D eigenvalue weighted by Gasteiger charge is 2.56. The summed E-state index contributed by atoms with van der Waals surface area (Å²) >= 11 is 0. The zero-order chi connectivity index (χ0) is 12.5. The Morgan fingerprint density at radius 1 is 1.29 bits per heavy atom. The number of nitrogens with one attached hydrogen (secondary N) is 1. The standard InChI is InChI=1S/C12H20F3NO/c1-2-17-10-7-9(16-8-12(13,14)15)11(10)5-3-4-6-11/h9-10,16H,2-8H2,1H3. The van der Waals surface area contributed by atoms with Gasteiger partial charge in [-0.1, -0.05) is 12.8 Å². The predicted octanol–water partition coefficient (Wildman–Crippen LogP) is 2.88. The van der Waals surface area contributed by atoms with Crippen LogP contribution in [0.3, 0.4) is 0 Å². The zero-order valence-electron chi connectivity index (χ0n) is 10.1. The summed E-state index contributed by atoms with van der Waals surface area (Å²) in [6.07, 6.45) is 1.03. The Morgan fingerprint density at radius 2 is 1.94 bits per heavy atom. The molecule has 0 radical (unpaired) electrons. The van der Waals surface area contributed by atoms with E-state index in [0.717, 1.165) is 32.1 Å². The second kappa shape index (κ2) is 4.76. The summed E-state index contributed by atoms with van der Waals surface area (Å²) in [7, 11) is 0. The molecule has 5 heteroatoms. The van der Waals surface area contributed by atoms with E-state index in [1.807, 2.05) is 6.92 Å². The van der Waals surface area contributed by atoms with E-state index in [-0.39, 0.29) is 17.6 Å². The third kappa shape index (κ3) is 2.60. The molecule has 1 spiro atoms. The molecule has 0 aromatic heterocycles. The molecule has 2 nitrogen and oxygen atoms in total. The van der Waals surface area contributed by atoms with Crippen LogP contribution in [0.15, 0.2) is 0 Å². The Hall–Kier alpha value is -0.290. The molecule has 0 aromatic carbocycles. The molecule has 2 aliphatic rings. The minimum Gasteiger partial charge on any atom is -0.378 e. The van der Waals surface area contributed by atoms with Crippen molar-refractivity contribution >= 4 is 0 Å². The smallest absolute Gasteiger partial charge is 0.378 e. The van der Waals surface area contributed by atoms with E-state index in [1.54, 1.807) is 0 Å². The van der Waals surface area contributed by atoms with Crippen LogP contribution in [0.5, 0.6) is 0 Å². The van der Waals surface area contributed by atoms with Gasteiger partial charge in [0.1, 0.15) is 0 Å². The highest BCUT2D eigenvalue weighted by molar-refractivity contribution is 5.10. The number of hydrogen-bond donors (Lipinski definition) is 1. The summed E-state index contributed by atoms with van der Waals surface area (Å²) in [5.74, 6) is 0. The SMILES string of the molecule is CCOC1CC(NCC(F)(F)F)C12CCCC2. The lowest BCUT2D eigenvalue weighted by Gasteiger charge is -2.54. The van der Waals surface area contributed by atoms with Crippen LogP contribution in [0.25, 0.3) is 0 Å². The van der Waals surface area contributed by atoms with E-state index in [1.165, 1.54) is 0 Å².